The summed E-state index contributed by atoms with van der Waals surface area (Å²) in [6, 6.07) is 8.18. The highest BCUT2D eigenvalue weighted by atomic mass is 19.3. The summed E-state index contributed by atoms with van der Waals surface area (Å²) in [6.07, 6.45) is 1.84. The van der Waals surface area contributed by atoms with Crippen LogP contribution in [0.2, 0.25) is 0 Å². The molecular weight excluding hydrogens is 420 g/mol. The zero-order valence-corrected chi connectivity index (χ0v) is 16.9. The fourth-order valence-electron chi connectivity index (χ4n) is 4.35. The van der Waals surface area contributed by atoms with Gasteiger partial charge in [0.25, 0.3) is 5.91 Å². The molecule has 1 aliphatic heterocycles. The van der Waals surface area contributed by atoms with Crippen molar-refractivity contribution >= 4 is 28.6 Å². The molecule has 0 atom stereocenters. The number of carbonyl (C=O) groups excluding carboxylic acids is 3. The lowest BCUT2D eigenvalue weighted by atomic mass is 9.80. The number of aromatic amines is 1. The number of alkyl halides is 2. The summed E-state index contributed by atoms with van der Waals surface area (Å²) in [5.74, 6) is -3.93. The normalized spacial score (nSPS) is 19.5. The fourth-order valence-corrected chi connectivity index (χ4v) is 4.35. The molecule has 8 nitrogen and oxygen atoms in total. The number of rotatable bonds is 4. The quantitative estimate of drug-likeness (QED) is 0.479. The van der Waals surface area contributed by atoms with E-state index in [1.54, 1.807) is 18.3 Å². The summed E-state index contributed by atoms with van der Waals surface area (Å²) in [5.41, 5.74) is 1.25. The average Bonchev–Trinajstić information content (AvgIpc) is 3.35. The molecule has 2 N–H and O–H groups in total. The molecule has 1 aliphatic carbocycles. The minimum atomic E-state index is -2.84. The van der Waals surface area contributed by atoms with Crippen molar-refractivity contribution in [1.82, 2.24) is 25.4 Å². The lowest BCUT2D eigenvalue weighted by molar-refractivity contribution is -0.135. The molecule has 3 amide bonds. The fraction of sp³-hybridized carbons (Fsp3) is 0.318. The molecule has 0 radical (unpaired) electrons. The van der Waals surface area contributed by atoms with Crippen LogP contribution in [0.5, 0.6) is 0 Å². The van der Waals surface area contributed by atoms with E-state index in [-0.39, 0.29) is 18.4 Å². The Labute approximate surface area is 181 Å². The van der Waals surface area contributed by atoms with Crippen LogP contribution in [0.15, 0.2) is 42.7 Å². The van der Waals surface area contributed by atoms with E-state index in [0.29, 0.717) is 5.69 Å². The number of urea groups is 1. The molecule has 164 valence electrons. The van der Waals surface area contributed by atoms with Crippen molar-refractivity contribution in [1.29, 1.82) is 0 Å². The number of Topliss-reactive ketones (excluding diaryl/α,β-unsaturated/α-hetero) is 1. The molecule has 1 saturated carbocycles. The molecule has 3 heterocycles. The minimum absolute atomic E-state index is 0.148. The van der Waals surface area contributed by atoms with Gasteiger partial charge in [0, 0.05) is 35.6 Å². The molecule has 0 bridgehead atoms. The molecular formula is C22H19F2N5O3. The lowest BCUT2D eigenvalue weighted by Gasteiger charge is -2.34. The Hall–Kier alpha value is -3.69. The summed E-state index contributed by atoms with van der Waals surface area (Å²) in [7, 11) is 0. The predicted molar refractivity (Wildman–Crippen MR) is 110 cm³/mol. The Morgan fingerprint density at radius 1 is 1.06 bits per heavy atom. The van der Waals surface area contributed by atoms with Crippen molar-refractivity contribution in [3.8, 4) is 11.3 Å². The first-order valence-electron chi connectivity index (χ1n) is 10.2. The van der Waals surface area contributed by atoms with Gasteiger partial charge in [-0.25, -0.2) is 13.6 Å². The summed E-state index contributed by atoms with van der Waals surface area (Å²) in [6.45, 7) is -0.471. The van der Waals surface area contributed by atoms with Crippen LogP contribution >= 0.6 is 0 Å². The summed E-state index contributed by atoms with van der Waals surface area (Å²) >= 11 is 0. The third-order valence-corrected chi connectivity index (χ3v) is 6.23. The Morgan fingerprint density at radius 2 is 1.84 bits per heavy atom. The average molecular weight is 439 g/mol. The number of ketones is 1. The van der Waals surface area contributed by atoms with Crippen molar-refractivity contribution < 1.29 is 23.2 Å². The first-order valence-corrected chi connectivity index (χ1v) is 10.2. The highest BCUT2D eigenvalue weighted by Gasteiger charge is 2.55. The molecule has 2 aliphatic rings. The van der Waals surface area contributed by atoms with Gasteiger partial charge in [0.1, 0.15) is 5.54 Å². The van der Waals surface area contributed by atoms with Crippen LogP contribution in [0.3, 0.4) is 0 Å². The van der Waals surface area contributed by atoms with Gasteiger partial charge in [-0.15, -0.1) is 0 Å². The highest BCUT2D eigenvalue weighted by molar-refractivity contribution is 6.11. The number of nitrogens with zero attached hydrogens (tertiary/aromatic N) is 3. The van der Waals surface area contributed by atoms with Gasteiger partial charge in [0.05, 0.1) is 24.0 Å². The number of nitrogens with one attached hydrogen (secondary N) is 2. The third kappa shape index (κ3) is 3.31. The van der Waals surface area contributed by atoms with E-state index in [1.165, 1.54) is 6.20 Å². The zero-order valence-electron chi connectivity index (χ0n) is 16.9. The predicted octanol–water partition coefficient (Wildman–Crippen LogP) is 3.31. The van der Waals surface area contributed by atoms with Crippen LogP contribution in [-0.4, -0.2) is 55.8 Å². The number of imide groups is 1. The summed E-state index contributed by atoms with van der Waals surface area (Å²) in [5, 5.41) is 10.3. The van der Waals surface area contributed by atoms with Crippen molar-refractivity contribution in [3.05, 3.63) is 48.3 Å². The maximum Gasteiger partial charge on any atom is 0.325 e. The maximum atomic E-state index is 13.5. The number of fused-ring (bicyclic) bond motifs is 1. The van der Waals surface area contributed by atoms with Gasteiger partial charge in [0.2, 0.25) is 5.92 Å². The third-order valence-electron chi connectivity index (χ3n) is 6.23. The van der Waals surface area contributed by atoms with Crippen molar-refractivity contribution in [2.45, 2.75) is 37.1 Å². The summed E-state index contributed by atoms with van der Waals surface area (Å²) in [4.78, 5) is 43.1. The van der Waals surface area contributed by atoms with E-state index in [9.17, 15) is 23.2 Å². The van der Waals surface area contributed by atoms with Crippen LogP contribution in [0, 0.1) is 0 Å². The number of carbonyl (C=O) groups is 3. The molecule has 2 aromatic heterocycles. The van der Waals surface area contributed by atoms with Crippen molar-refractivity contribution in [2.24, 2.45) is 0 Å². The Bertz CT molecular complexity index is 1230. The Morgan fingerprint density at radius 3 is 2.56 bits per heavy atom. The van der Waals surface area contributed by atoms with Crippen molar-refractivity contribution in [3.63, 3.8) is 0 Å². The first-order chi connectivity index (χ1) is 15.3. The highest BCUT2D eigenvalue weighted by Crippen LogP contribution is 2.41. The largest absolute Gasteiger partial charge is 0.325 e. The topological polar surface area (TPSA) is 108 Å². The number of amides is 3. The van der Waals surface area contributed by atoms with Crippen LogP contribution in [0.1, 0.15) is 36.0 Å². The molecule has 5 rings (SSSR count). The zero-order chi connectivity index (χ0) is 22.5. The van der Waals surface area contributed by atoms with Gasteiger partial charge in [-0.3, -0.25) is 24.6 Å². The number of H-pyrrole nitrogens is 1. The Balaban J connectivity index is 1.32. The van der Waals surface area contributed by atoms with E-state index >= 15 is 0 Å². The monoisotopic (exact) mass is 439 g/mol. The maximum absolute atomic E-state index is 13.5. The molecule has 2 fully saturated rings. The lowest BCUT2D eigenvalue weighted by Crippen LogP contribution is -2.51. The number of hydrogen-bond donors (Lipinski definition) is 2. The molecule has 1 saturated heterocycles. The van der Waals surface area contributed by atoms with Crippen LogP contribution in [0.25, 0.3) is 22.2 Å². The van der Waals surface area contributed by atoms with Gasteiger partial charge in [-0.1, -0.05) is 12.1 Å². The van der Waals surface area contributed by atoms with Crippen molar-refractivity contribution in [2.75, 3.05) is 6.54 Å². The number of benzene rings is 1. The number of hydrogen-bond acceptors (Lipinski definition) is 5. The standard InChI is InChI=1S/C22H19F2N5O3/c23-22(24)8-6-21(7-9-22)19(31)29(20(32)27-21)12-18(30)13-4-5-16(25-10-13)14-2-1-3-17-15(14)11-26-28-17/h1-5,10-11H,6-9,12H2,(H,26,28)(H,27,32). The van der Waals surface area contributed by atoms with E-state index in [1.807, 2.05) is 18.2 Å². The molecule has 32 heavy (non-hydrogen) atoms. The van der Waals surface area contributed by atoms with E-state index in [4.69, 9.17) is 0 Å². The van der Waals surface area contributed by atoms with Crippen LogP contribution in [0.4, 0.5) is 13.6 Å². The number of halogens is 2. The smallest absolute Gasteiger partial charge is 0.323 e. The van der Waals surface area contributed by atoms with E-state index < -0.39 is 48.6 Å². The van der Waals surface area contributed by atoms with Gasteiger partial charge in [-0.05, 0) is 31.0 Å². The molecule has 1 spiro atoms. The van der Waals surface area contributed by atoms with Gasteiger partial charge < -0.3 is 5.32 Å². The van der Waals surface area contributed by atoms with Crippen LogP contribution < -0.4 is 5.32 Å². The molecule has 1 aromatic carbocycles. The molecule has 3 aromatic rings. The van der Waals surface area contributed by atoms with Crippen LogP contribution in [-0.2, 0) is 4.79 Å². The molecule has 10 heteroatoms. The molecule has 0 unspecified atom stereocenters. The second-order valence-corrected chi connectivity index (χ2v) is 8.25. The van der Waals surface area contributed by atoms with E-state index in [2.05, 4.69) is 20.5 Å². The van der Waals surface area contributed by atoms with E-state index in [0.717, 1.165) is 21.4 Å². The second kappa shape index (κ2) is 7.18. The first kappa shape index (κ1) is 20.2. The minimum Gasteiger partial charge on any atom is -0.323 e. The van der Waals surface area contributed by atoms with Gasteiger partial charge >= 0.3 is 6.03 Å². The summed E-state index contributed by atoms with van der Waals surface area (Å²) < 4.78 is 27.0. The SMILES string of the molecule is O=C(CN1C(=O)NC2(CCC(F)(F)CC2)C1=O)c1ccc(-c2cccc3[nH]ncc23)nc1. The van der Waals surface area contributed by atoms with Gasteiger partial charge in [-0.2, -0.15) is 5.10 Å². The van der Waals surface area contributed by atoms with Gasteiger partial charge in [0.15, 0.2) is 5.78 Å². The number of aromatic nitrogens is 3. The number of pyridine rings is 1. The Kier molecular flexibility index (Phi) is 4.54. The second-order valence-electron chi connectivity index (χ2n) is 8.25.